The van der Waals surface area contributed by atoms with Gasteiger partial charge in [-0.25, -0.2) is 9.97 Å². The van der Waals surface area contributed by atoms with Crippen LogP contribution in [0, 0.1) is 0 Å². The number of hydrogen-bond donors (Lipinski definition) is 0. The average Bonchev–Trinajstić information content (AvgIpc) is 3.81. The van der Waals surface area contributed by atoms with Crippen molar-refractivity contribution in [1.29, 1.82) is 0 Å². The molecule has 4 nitrogen and oxygen atoms in total. The highest BCUT2D eigenvalue weighted by Gasteiger charge is 2.36. The van der Waals surface area contributed by atoms with Gasteiger partial charge in [0, 0.05) is 55.4 Å². The molecule has 3 heterocycles. The third kappa shape index (κ3) is 4.49. The third-order valence-corrected chi connectivity index (χ3v) is 11.2. The second-order valence-corrected chi connectivity index (χ2v) is 14.6. The van der Waals surface area contributed by atoms with Crippen LogP contribution in [-0.2, 0) is 5.41 Å². The van der Waals surface area contributed by atoms with Gasteiger partial charge in [-0.05, 0) is 76.9 Å². The maximum absolute atomic E-state index is 6.45. The Morgan fingerprint density at radius 1 is 0.453 bits per heavy atom. The van der Waals surface area contributed by atoms with Crippen LogP contribution in [0.5, 0.6) is 0 Å². The van der Waals surface area contributed by atoms with Gasteiger partial charge in [-0.15, -0.1) is 0 Å². The molecule has 0 bridgehead atoms. The average molecular weight is 680 g/mol. The van der Waals surface area contributed by atoms with Crippen molar-refractivity contribution in [2.24, 2.45) is 0 Å². The van der Waals surface area contributed by atoms with Gasteiger partial charge in [0.1, 0.15) is 11.2 Å². The highest BCUT2D eigenvalue weighted by atomic mass is 16.3. The molecule has 0 radical (unpaired) electrons. The Morgan fingerprint density at radius 2 is 1.08 bits per heavy atom. The molecule has 0 N–H and O–H groups in total. The number of fused-ring (bicyclic) bond motifs is 9. The molecule has 3 aromatic heterocycles. The first-order valence-electron chi connectivity index (χ1n) is 18.2. The molecule has 0 saturated carbocycles. The maximum atomic E-state index is 6.45. The number of para-hydroxylation sites is 1. The van der Waals surface area contributed by atoms with Crippen LogP contribution in [0.15, 0.2) is 168 Å². The summed E-state index contributed by atoms with van der Waals surface area (Å²) in [6.07, 6.45) is 0. The molecule has 4 heteroatoms. The van der Waals surface area contributed by atoms with E-state index in [4.69, 9.17) is 14.4 Å². The molecule has 53 heavy (non-hydrogen) atoms. The molecule has 10 aromatic rings. The Labute approximate surface area is 306 Å². The molecule has 0 spiro atoms. The summed E-state index contributed by atoms with van der Waals surface area (Å²) in [4.78, 5) is 10.2. The highest BCUT2D eigenvalue weighted by Crippen LogP contribution is 2.51. The zero-order valence-corrected chi connectivity index (χ0v) is 29.3. The number of furan rings is 1. The van der Waals surface area contributed by atoms with Crippen molar-refractivity contribution in [3.8, 4) is 50.7 Å². The zero-order valence-electron chi connectivity index (χ0n) is 29.3. The Kier molecular flexibility index (Phi) is 6.27. The quantitative estimate of drug-likeness (QED) is 0.186. The molecule has 0 saturated heterocycles. The van der Waals surface area contributed by atoms with Crippen molar-refractivity contribution in [2.45, 2.75) is 19.3 Å². The second-order valence-electron chi connectivity index (χ2n) is 14.6. The summed E-state index contributed by atoms with van der Waals surface area (Å²) in [5.74, 6) is 0.695. The van der Waals surface area contributed by atoms with E-state index in [1.165, 1.54) is 38.5 Å². The van der Waals surface area contributed by atoms with Crippen molar-refractivity contribution >= 4 is 43.7 Å². The number of hydrogen-bond acceptors (Lipinski definition) is 3. The fraction of sp³-hybridized carbons (Fsp3) is 0.0612. The largest absolute Gasteiger partial charge is 0.456 e. The molecule has 1 aliphatic rings. The predicted molar refractivity (Wildman–Crippen MR) is 218 cm³/mol. The van der Waals surface area contributed by atoms with Crippen molar-refractivity contribution in [3.63, 3.8) is 0 Å². The second kappa shape index (κ2) is 11.1. The van der Waals surface area contributed by atoms with Gasteiger partial charge >= 0.3 is 0 Å². The summed E-state index contributed by atoms with van der Waals surface area (Å²) in [5, 5.41) is 4.71. The zero-order chi connectivity index (χ0) is 35.3. The summed E-state index contributed by atoms with van der Waals surface area (Å²) >= 11 is 0. The lowest BCUT2D eigenvalue weighted by molar-refractivity contribution is 0.661. The first kappa shape index (κ1) is 29.9. The van der Waals surface area contributed by atoms with Crippen molar-refractivity contribution in [2.75, 3.05) is 0 Å². The van der Waals surface area contributed by atoms with Gasteiger partial charge in [0.2, 0.25) is 0 Å². The SMILES string of the molecule is CC1(C)c2ccccc2-c2cc3c4cc5c(cc4n(-c4ccc(-c6nc(-c7ccccc7)cc(-c7ccccc7)n6)cc4)c3cc21)oc1ccccc15. The van der Waals surface area contributed by atoms with E-state index in [1.54, 1.807) is 0 Å². The molecule has 1 aliphatic carbocycles. The molecular formula is C49H33N3O. The first-order chi connectivity index (χ1) is 26.0. The third-order valence-electron chi connectivity index (χ3n) is 11.2. The van der Waals surface area contributed by atoms with Crippen molar-refractivity contribution < 1.29 is 4.42 Å². The minimum Gasteiger partial charge on any atom is -0.456 e. The predicted octanol–water partition coefficient (Wildman–Crippen LogP) is 12.8. The van der Waals surface area contributed by atoms with Gasteiger partial charge in [0.15, 0.2) is 5.82 Å². The van der Waals surface area contributed by atoms with Gasteiger partial charge in [-0.1, -0.05) is 117 Å². The van der Waals surface area contributed by atoms with Crippen LogP contribution in [0.3, 0.4) is 0 Å². The van der Waals surface area contributed by atoms with E-state index in [9.17, 15) is 0 Å². The van der Waals surface area contributed by atoms with E-state index in [2.05, 4.69) is 140 Å². The monoisotopic (exact) mass is 679 g/mol. The van der Waals surface area contributed by atoms with Crippen LogP contribution < -0.4 is 0 Å². The minimum absolute atomic E-state index is 0.118. The minimum atomic E-state index is -0.118. The first-order valence-corrected chi connectivity index (χ1v) is 18.2. The van der Waals surface area contributed by atoms with E-state index < -0.39 is 0 Å². The lowest BCUT2D eigenvalue weighted by Crippen LogP contribution is -2.14. The van der Waals surface area contributed by atoms with Gasteiger partial charge in [0.25, 0.3) is 0 Å². The Morgan fingerprint density at radius 3 is 1.81 bits per heavy atom. The number of benzene rings is 7. The van der Waals surface area contributed by atoms with Crippen LogP contribution in [0.4, 0.5) is 0 Å². The molecule has 0 aliphatic heterocycles. The van der Waals surface area contributed by atoms with Crippen molar-refractivity contribution in [1.82, 2.24) is 14.5 Å². The van der Waals surface area contributed by atoms with Crippen LogP contribution >= 0.6 is 0 Å². The van der Waals surface area contributed by atoms with E-state index in [0.29, 0.717) is 5.82 Å². The van der Waals surface area contributed by atoms with E-state index in [-0.39, 0.29) is 5.41 Å². The lowest BCUT2D eigenvalue weighted by Gasteiger charge is -2.21. The van der Waals surface area contributed by atoms with Gasteiger partial charge in [0.05, 0.1) is 22.4 Å². The summed E-state index contributed by atoms with van der Waals surface area (Å²) in [6.45, 7) is 4.69. The van der Waals surface area contributed by atoms with Gasteiger partial charge in [-0.3, -0.25) is 0 Å². The molecule has 11 rings (SSSR count). The van der Waals surface area contributed by atoms with E-state index in [0.717, 1.165) is 61.2 Å². The molecule has 0 amide bonds. The van der Waals surface area contributed by atoms with Crippen LogP contribution in [0.1, 0.15) is 25.0 Å². The molecule has 0 fully saturated rings. The van der Waals surface area contributed by atoms with Crippen molar-refractivity contribution in [3.05, 3.63) is 175 Å². The number of rotatable bonds is 4. The van der Waals surface area contributed by atoms with Crippen LogP contribution in [0.25, 0.3) is 94.5 Å². The molecular weight excluding hydrogens is 647 g/mol. The standard InChI is InChI=1S/C49H33N3O/c1-49(2)40-19-11-9-17-34(40)36-25-37-38-26-39-35-18-10-12-20-46(35)53-47(39)29-45(38)52(44(37)27-41(36)49)33-23-21-32(22-24-33)48-50-42(30-13-5-3-6-14-30)28-43(51-48)31-15-7-4-8-16-31/h3-29H,1-2H3. The normalized spacial score (nSPS) is 13.2. The molecule has 0 unspecified atom stereocenters. The molecule has 250 valence electrons. The fourth-order valence-electron chi connectivity index (χ4n) is 8.56. The smallest absolute Gasteiger partial charge is 0.160 e. The Bertz CT molecular complexity index is 3000. The summed E-state index contributed by atoms with van der Waals surface area (Å²) in [6, 6.07) is 58.0. The molecule has 7 aromatic carbocycles. The van der Waals surface area contributed by atoms with E-state index >= 15 is 0 Å². The van der Waals surface area contributed by atoms with Crippen LogP contribution in [0.2, 0.25) is 0 Å². The highest BCUT2D eigenvalue weighted by molar-refractivity contribution is 6.18. The number of aromatic nitrogens is 3. The Hall–Kier alpha value is -6.78. The topological polar surface area (TPSA) is 43.9 Å². The summed E-state index contributed by atoms with van der Waals surface area (Å²) < 4.78 is 8.85. The Balaban J connectivity index is 1.13. The lowest BCUT2D eigenvalue weighted by atomic mass is 9.82. The van der Waals surface area contributed by atoms with Gasteiger partial charge in [-0.2, -0.15) is 0 Å². The molecule has 0 atom stereocenters. The fourth-order valence-corrected chi connectivity index (χ4v) is 8.56. The van der Waals surface area contributed by atoms with Gasteiger partial charge < -0.3 is 8.98 Å². The summed E-state index contributed by atoms with van der Waals surface area (Å²) in [5.41, 5.74) is 15.3. The summed E-state index contributed by atoms with van der Waals surface area (Å²) in [7, 11) is 0. The van der Waals surface area contributed by atoms with Crippen LogP contribution in [-0.4, -0.2) is 14.5 Å². The maximum Gasteiger partial charge on any atom is 0.160 e. The van der Waals surface area contributed by atoms with E-state index in [1.807, 2.05) is 42.5 Å². The number of nitrogens with zero attached hydrogens (tertiary/aromatic N) is 3.